The minimum Gasteiger partial charge on any atom is -0.369 e. The van der Waals surface area contributed by atoms with Crippen LogP contribution in [0.5, 0.6) is 0 Å². The molecule has 2 rings (SSSR count). The Bertz CT molecular complexity index is 610. The largest absolute Gasteiger partial charge is 0.369 e. The third kappa shape index (κ3) is 3.26. The minimum absolute atomic E-state index is 0.127. The Hall–Kier alpha value is -2.38. The van der Waals surface area contributed by atoms with Gasteiger partial charge in [0.1, 0.15) is 0 Å². The van der Waals surface area contributed by atoms with Gasteiger partial charge in [-0.25, -0.2) is 0 Å². The molecule has 0 radical (unpaired) electrons. The van der Waals surface area contributed by atoms with Crippen molar-refractivity contribution in [3.63, 3.8) is 0 Å². The van der Waals surface area contributed by atoms with E-state index >= 15 is 0 Å². The molecule has 0 aromatic carbocycles. The van der Waals surface area contributed by atoms with Crippen LogP contribution in [0.3, 0.4) is 0 Å². The van der Waals surface area contributed by atoms with Crippen molar-refractivity contribution in [3.8, 4) is 0 Å². The highest BCUT2D eigenvalue weighted by Gasteiger charge is 2.31. The molecule has 2 N–H and O–H groups in total. The molecule has 0 bridgehead atoms. The third-order valence-electron chi connectivity index (χ3n) is 3.90. The summed E-state index contributed by atoms with van der Waals surface area (Å²) in [6, 6.07) is 0. The van der Waals surface area contributed by atoms with Crippen LogP contribution < -0.4 is 5.73 Å². The Labute approximate surface area is 128 Å². The van der Waals surface area contributed by atoms with Gasteiger partial charge in [0.15, 0.2) is 0 Å². The number of aryl methyl sites for hydroxylation is 2. The maximum Gasteiger partial charge on any atom is 0.257 e. The summed E-state index contributed by atoms with van der Waals surface area (Å²) in [6.07, 6.45) is 1.66. The average molecular weight is 307 g/mol. The van der Waals surface area contributed by atoms with E-state index in [-0.39, 0.29) is 24.9 Å². The number of nitrogens with two attached hydrogens (primary N) is 1. The first-order valence-electron chi connectivity index (χ1n) is 7.14. The van der Waals surface area contributed by atoms with Gasteiger partial charge < -0.3 is 15.5 Å². The highest BCUT2D eigenvalue weighted by Crippen LogP contribution is 2.15. The number of carbonyl (C=O) groups excluding carboxylic acids is 3. The predicted octanol–water partition coefficient (Wildman–Crippen LogP) is -0.866. The van der Waals surface area contributed by atoms with Gasteiger partial charge in [0.25, 0.3) is 5.91 Å². The summed E-state index contributed by atoms with van der Waals surface area (Å²) < 4.78 is 1.58. The molecule has 3 amide bonds. The van der Waals surface area contributed by atoms with Crippen LogP contribution >= 0.6 is 0 Å². The molecule has 2 heterocycles. The van der Waals surface area contributed by atoms with E-state index in [1.807, 2.05) is 0 Å². The predicted molar refractivity (Wildman–Crippen MR) is 78.8 cm³/mol. The molecular formula is C14H21N5O3. The Kier molecular flexibility index (Phi) is 4.48. The Morgan fingerprint density at radius 3 is 2.32 bits per heavy atom. The average Bonchev–Trinajstić information content (AvgIpc) is 2.65. The van der Waals surface area contributed by atoms with Crippen molar-refractivity contribution in [2.75, 3.05) is 26.2 Å². The Morgan fingerprint density at radius 1 is 1.23 bits per heavy atom. The first kappa shape index (κ1) is 16.0. The molecule has 8 nitrogen and oxygen atoms in total. The van der Waals surface area contributed by atoms with Gasteiger partial charge in [-0.2, -0.15) is 5.10 Å². The van der Waals surface area contributed by atoms with Gasteiger partial charge in [-0.15, -0.1) is 0 Å². The van der Waals surface area contributed by atoms with Gasteiger partial charge >= 0.3 is 0 Å². The molecule has 22 heavy (non-hydrogen) atoms. The molecule has 1 aromatic rings. The molecule has 1 fully saturated rings. The third-order valence-corrected chi connectivity index (χ3v) is 3.90. The van der Waals surface area contributed by atoms with Crippen LogP contribution in [0.4, 0.5) is 0 Å². The van der Waals surface area contributed by atoms with Crippen molar-refractivity contribution in [3.05, 3.63) is 17.5 Å². The van der Waals surface area contributed by atoms with E-state index in [2.05, 4.69) is 5.10 Å². The summed E-state index contributed by atoms with van der Waals surface area (Å²) in [4.78, 5) is 38.9. The highest BCUT2D eigenvalue weighted by atomic mass is 16.2. The van der Waals surface area contributed by atoms with Crippen molar-refractivity contribution in [2.45, 2.75) is 13.8 Å². The number of aromatic nitrogens is 2. The number of hydrogen-bond acceptors (Lipinski definition) is 4. The molecule has 1 atom stereocenters. The Balaban J connectivity index is 2.23. The van der Waals surface area contributed by atoms with Crippen molar-refractivity contribution >= 4 is 17.7 Å². The molecule has 1 aromatic heterocycles. The maximum atomic E-state index is 12.6. The monoisotopic (exact) mass is 307 g/mol. The molecule has 0 aliphatic carbocycles. The minimum atomic E-state index is -0.563. The lowest BCUT2D eigenvalue weighted by Crippen LogP contribution is -2.41. The number of carbonyl (C=O) groups is 3. The standard InChI is InChI=1S/C14H21N5O3/c1-9-12(8-17(3)16-9)14(22)19-5-4-18(10(2)20)6-11(7-19)13(15)21/h8,11H,4-7H2,1-3H3,(H2,15,21). The topological polar surface area (TPSA) is 102 Å². The van der Waals surface area contributed by atoms with Crippen molar-refractivity contribution < 1.29 is 14.4 Å². The summed E-state index contributed by atoms with van der Waals surface area (Å²) in [5, 5.41) is 4.16. The fourth-order valence-electron chi connectivity index (χ4n) is 2.64. The zero-order valence-corrected chi connectivity index (χ0v) is 13.1. The maximum absolute atomic E-state index is 12.6. The first-order valence-corrected chi connectivity index (χ1v) is 7.14. The SMILES string of the molecule is CC(=O)N1CCN(C(=O)c2cn(C)nc2C)CC(C(N)=O)C1. The fourth-order valence-corrected chi connectivity index (χ4v) is 2.64. The molecular weight excluding hydrogens is 286 g/mol. The van der Waals surface area contributed by atoms with Crippen LogP contribution in [0.25, 0.3) is 0 Å². The normalized spacial score (nSPS) is 19.0. The molecule has 0 saturated carbocycles. The second kappa shape index (κ2) is 6.17. The van der Waals surface area contributed by atoms with Crippen LogP contribution in [0.15, 0.2) is 6.20 Å². The second-order valence-corrected chi connectivity index (χ2v) is 5.62. The van der Waals surface area contributed by atoms with E-state index in [9.17, 15) is 14.4 Å². The quantitative estimate of drug-likeness (QED) is 0.767. The van der Waals surface area contributed by atoms with E-state index in [1.165, 1.54) is 6.92 Å². The summed E-state index contributed by atoms with van der Waals surface area (Å²) in [7, 11) is 1.75. The summed E-state index contributed by atoms with van der Waals surface area (Å²) in [6.45, 7) is 4.44. The van der Waals surface area contributed by atoms with E-state index in [1.54, 1.807) is 34.6 Å². The van der Waals surface area contributed by atoms with Crippen LogP contribution in [0, 0.1) is 12.8 Å². The lowest BCUT2D eigenvalue weighted by atomic mass is 10.1. The Morgan fingerprint density at radius 2 is 1.82 bits per heavy atom. The zero-order chi connectivity index (χ0) is 16.4. The highest BCUT2D eigenvalue weighted by molar-refractivity contribution is 5.95. The molecule has 1 saturated heterocycles. The lowest BCUT2D eigenvalue weighted by Gasteiger charge is -2.22. The molecule has 1 unspecified atom stereocenters. The molecule has 120 valence electrons. The fraction of sp³-hybridized carbons (Fsp3) is 0.571. The smallest absolute Gasteiger partial charge is 0.257 e. The van der Waals surface area contributed by atoms with Crippen molar-refractivity contribution in [2.24, 2.45) is 18.7 Å². The van der Waals surface area contributed by atoms with Gasteiger partial charge in [-0.3, -0.25) is 19.1 Å². The number of nitrogens with zero attached hydrogens (tertiary/aromatic N) is 4. The van der Waals surface area contributed by atoms with Gasteiger partial charge in [0, 0.05) is 46.3 Å². The van der Waals surface area contributed by atoms with E-state index in [0.29, 0.717) is 24.3 Å². The first-order chi connectivity index (χ1) is 10.3. The molecule has 1 aliphatic heterocycles. The van der Waals surface area contributed by atoms with Gasteiger partial charge in [-0.1, -0.05) is 0 Å². The number of rotatable bonds is 2. The van der Waals surface area contributed by atoms with E-state index < -0.39 is 11.8 Å². The molecule has 0 spiro atoms. The summed E-state index contributed by atoms with van der Waals surface area (Å²) >= 11 is 0. The van der Waals surface area contributed by atoms with Gasteiger partial charge in [0.2, 0.25) is 11.8 Å². The molecule has 8 heteroatoms. The van der Waals surface area contributed by atoms with Crippen LogP contribution in [0.2, 0.25) is 0 Å². The van der Waals surface area contributed by atoms with Gasteiger partial charge in [0.05, 0.1) is 17.2 Å². The number of hydrogen-bond donors (Lipinski definition) is 1. The summed E-state index contributed by atoms with van der Waals surface area (Å²) in [5.41, 5.74) is 6.54. The van der Waals surface area contributed by atoms with Gasteiger partial charge in [-0.05, 0) is 6.92 Å². The summed E-state index contributed by atoms with van der Waals surface area (Å²) in [5.74, 6) is -1.39. The second-order valence-electron chi connectivity index (χ2n) is 5.62. The van der Waals surface area contributed by atoms with Crippen LogP contribution in [0.1, 0.15) is 23.0 Å². The molecule has 1 aliphatic rings. The van der Waals surface area contributed by atoms with Crippen LogP contribution in [-0.2, 0) is 16.6 Å². The zero-order valence-electron chi connectivity index (χ0n) is 13.1. The van der Waals surface area contributed by atoms with E-state index in [0.717, 1.165) is 0 Å². The van der Waals surface area contributed by atoms with Crippen molar-refractivity contribution in [1.29, 1.82) is 0 Å². The number of amides is 3. The van der Waals surface area contributed by atoms with Crippen LogP contribution in [-0.4, -0.2) is 63.5 Å². The lowest BCUT2D eigenvalue weighted by molar-refractivity contribution is -0.130. The number of primary amides is 1. The van der Waals surface area contributed by atoms with Crippen molar-refractivity contribution in [1.82, 2.24) is 19.6 Å². The van der Waals surface area contributed by atoms with E-state index in [4.69, 9.17) is 5.73 Å².